The van der Waals surface area contributed by atoms with Crippen molar-refractivity contribution in [2.45, 2.75) is 39.3 Å². The number of rotatable bonds is 6. The molecule has 2 rings (SSSR count). The van der Waals surface area contributed by atoms with Crippen LogP contribution in [0.3, 0.4) is 0 Å². The van der Waals surface area contributed by atoms with Crippen LogP contribution in [-0.2, 0) is 11.3 Å². The van der Waals surface area contributed by atoms with Crippen molar-refractivity contribution in [3.05, 3.63) is 24.2 Å². The largest absolute Gasteiger partial charge is 0.468 e. The van der Waals surface area contributed by atoms with E-state index in [1.54, 1.807) is 6.26 Å². The molecular formula is C13H21N3O2. The number of hydrogen-bond acceptors (Lipinski definition) is 4. The van der Waals surface area contributed by atoms with Crippen molar-refractivity contribution in [3.63, 3.8) is 0 Å². The lowest BCUT2D eigenvalue weighted by Gasteiger charge is -2.30. The zero-order valence-electron chi connectivity index (χ0n) is 11.0. The van der Waals surface area contributed by atoms with E-state index in [0.717, 1.165) is 12.3 Å². The fourth-order valence-corrected chi connectivity index (χ4v) is 2.13. The monoisotopic (exact) mass is 251 g/mol. The molecule has 1 aromatic rings. The number of carbonyl (C=O) groups is 1. The normalized spacial score (nSPS) is 16.0. The molecule has 0 radical (unpaired) electrons. The second-order valence-electron chi connectivity index (χ2n) is 5.57. The Hall–Kier alpha value is -1.33. The third-order valence-corrected chi connectivity index (χ3v) is 3.35. The highest BCUT2D eigenvalue weighted by atomic mass is 16.3. The summed E-state index contributed by atoms with van der Waals surface area (Å²) in [5.74, 6) is 6.03. The van der Waals surface area contributed by atoms with Crippen LogP contribution >= 0.6 is 0 Å². The van der Waals surface area contributed by atoms with Crippen LogP contribution in [-0.4, -0.2) is 23.4 Å². The number of hydrogen-bond donors (Lipinski definition) is 2. The molecule has 1 aliphatic rings. The van der Waals surface area contributed by atoms with Crippen molar-refractivity contribution in [1.82, 2.24) is 10.3 Å². The number of amides is 1. The third kappa shape index (κ3) is 3.11. The van der Waals surface area contributed by atoms with Crippen molar-refractivity contribution in [2.75, 3.05) is 6.54 Å². The molecule has 1 fully saturated rings. The summed E-state index contributed by atoms with van der Waals surface area (Å²) >= 11 is 0. The van der Waals surface area contributed by atoms with Crippen LogP contribution in [0.25, 0.3) is 0 Å². The van der Waals surface area contributed by atoms with Crippen LogP contribution in [0.5, 0.6) is 0 Å². The Labute approximate surface area is 107 Å². The lowest BCUT2D eigenvalue weighted by molar-refractivity contribution is -0.130. The second-order valence-corrected chi connectivity index (χ2v) is 5.57. The third-order valence-electron chi connectivity index (χ3n) is 3.35. The van der Waals surface area contributed by atoms with Crippen molar-refractivity contribution in [1.29, 1.82) is 0 Å². The highest BCUT2D eigenvalue weighted by Crippen LogP contribution is 2.31. The average Bonchev–Trinajstić information content (AvgIpc) is 3.06. The number of furan rings is 1. The molecule has 0 atom stereocenters. The quantitative estimate of drug-likeness (QED) is 0.453. The minimum absolute atomic E-state index is 0.132. The van der Waals surface area contributed by atoms with Crippen LogP contribution in [0.15, 0.2) is 22.8 Å². The molecular weight excluding hydrogens is 230 g/mol. The van der Waals surface area contributed by atoms with Crippen LogP contribution in [0.2, 0.25) is 0 Å². The van der Waals surface area contributed by atoms with Crippen LogP contribution in [0, 0.1) is 5.41 Å². The Kier molecular flexibility index (Phi) is 3.73. The first kappa shape index (κ1) is 13.1. The van der Waals surface area contributed by atoms with Gasteiger partial charge in [0, 0.05) is 12.6 Å². The van der Waals surface area contributed by atoms with Gasteiger partial charge in [0.15, 0.2) is 0 Å². The molecule has 5 heteroatoms. The minimum atomic E-state index is -0.496. The summed E-state index contributed by atoms with van der Waals surface area (Å²) < 4.78 is 5.38. The topological polar surface area (TPSA) is 71.5 Å². The molecule has 100 valence electrons. The first-order valence-corrected chi connectivity index (χ1v) is 6.30. The van der Waals surface area contributed by atoms with Gasteiger partial charge in [0.2, 0.25) is 5.91 Å². The van der Waals surface area contributed by atoms with E-state index in [1.807, 2.05) is 26.0 Å². The molecule has 1 amide bonds. The highest BCUT2D eigenvalue weighted by Gasteiger charge is 2.36. The molecule has 0 saturated heterocycles. The van der Waals surface area contributed by atoms with Gasteiger partial charge in [-0.25, -0.2) is 5.84 Å². The maximum Gasteiger partial charge on any atom is 0.240 e. The smallest absolute Gasteiger partial charge is 0.240 e. The van der Waals surface area contributed by atoms with Gasteiger partial charge in [-0.3, -0.25) is 15.1 Å². The van der Waals surface area contributed by atoms with Crippen molar-refractivity contribution in [3.8, 4) is 0 Å². The van der Waals surface area contributed by atoms with Gasteiger partial charge in [0.1, 0.15) is 5.76 Å². The Morgan fingerprint density at radius 1 is 1.61 bits per heavy atom. The second kappa shape index (κ2) is 5.12. The van der Waals surface area contributed by atoms with E-state index in [-0.39, 0.29) is 5.91 Å². The first-order chi connectivity index (χ1) is 8.53. The summed E-state index contributed by atoms with van der Waals surface area (Å²) in [6.07, 6.45) is 4.07. The molecule has 0 bridgehead atoms. The molecule has 0 aliphatic heterocycles. The lowest BCUT2D eigenvalue weighted by Crippen LogP contribution is -2.47. The maximum absolute atomic E-state index is 11.7. The van der Waals surface area contributed by atoms with Gasteiger partial charge in [-0.1, -0.05) is 0 Å². The zero-order chi connectivity index (χ0) is 13.2. The van der Waals surface area contributed by atoms with Gasteiger partial charge < -0.3 is 4.42 Å². The standard InChI is InChI=1S/C13H21N3O2/c1-13(2,12(17)15-14)9-16(10-5-6-10)8-11-4-3-7-18-11/h3-4,7,10H,5-6,8-9,14H2,1-2H3,(H,15,17). The van der Waals surface area contributed by atoms with E-state index in [1.165, 1.54) is 12.8 Å². The van der Waals surface area contributed by atoms with Gasteiger partial charge in [-0.05, 0) is 38.8 Å². The van der Waals surface area contributed by atoms with Gasteiger partial charge in [-0.15, -0.1) is 0 Å². The van der Waals surface area contributed by atoms with E-state index >= 15 is 0 Å². The number of nitrogens with two attached hydrogens (primary N) is 1. The lowest BCUT2D eigenvalue weighted by atomic mass is 9.91. The van der Waals surface area contributed by atoms with Crippen molar-refractivity contribution in [2.24, 2.45) is 11.3 Å². The summed E-state index contributed by atoms with van der Waals surface area (Å²) in [5, 5.41) is 0. The molecule has 1 aliphatic carbocycles. The molecule has 5 nitrogen and oxygen atoms in total. The van der Waals surface area contributed by atoms with Gasteiger partial charge >= 0.3 is 0 Å². The summed E-state index contributed by atoms with van der Waals surface area (Å²) in [6.45, 7) is 5.25. The summed E-state index contributed by atoms with van der Waals surface area (Å²) in [7, 11) is 0. The molecule has 1 aromatic heterocycles. The van der Waals surface area contributed by atoms with Gasteiger partial charge in [0.25, 0.3) is 0 Å². The number of carbonyl (C=O) groups excluding carboxylic acids is 1. The van der Waals surface area contributed by atoms with E-state index < -0.39 is 5.41 Å². The van der Waals surface area contributed by atoms with Crippen LogP contribution in [0.1, 0.15) is 32.4 Å². The molecule has 0 spiro atoms. The molecule has 0 unspecified atom stereocenters. The molecule has 1 heterocycles. The average molecular weight is 251 g/mol. The van der Waals surface area contributed by atoms with Gasteiger partial charge in [0.05, 0.1) is 18.2 Å². The number of nitrogens with one attached hydrogen (secondary N) is 1. The van der Waals surface area contributed by atoms with Crippen LogP contribution in [0.4, 0.5) is 0 Å². The minimum Gasteiger partial charge on any atom is -0.468 e. The number of nitrogens with zero attached hydrogens (tertiary/aromatic N) is 1. The fraction of sp³-hybridized carbons (Fsp3) is 0.615. The first-order valence-electron chi connectivity index (χ1n) is 6.30. The van der Waals surface area contributed by atoms with Crippen molar-refractivity contribution < 1.29 is 9.21 Å². The summed E-state index contributed by atoms with van der Waals surface area (Å²) in [5.41, 5.74) is 1.74. The maximum atomic E-state index is 11.7. The Balaban J connectivity index is 2.00. The Morgan fingerprint density at radius 2 is 2.33 bits per heavy atom. The number of hydrazine groups is 1. The van der Waals surface area contributed by atoms with E-state index in [9.17, 15) is 4.79 Å². The molecule has 1 saturated carbocycles. The van der Waals surface area contributed by atoms with Gasteiger partial charge in [-0.2, -0.15) is 0 Å². The molecule has 0 aromatic carbocycles. The summed E-state index contributed by atoms with van der Waals surface area (Å²) in [6, 6.07) is 4.42. The zero-order valence-corrected chi connectivity index (χ0v) is 11.0. The van der Waals surface area contributed by atoms with E-state index in [2.05, 4.69) is 10.3 Å². The Morgan fingerprint density at radius 3 is 2.83 bits per heavy atom. The van der Waals surface area contributed by atoms with Crippen LogP contribution < -0.4 is 11.3 Å². The van der Waals surface area contributed by atoms with Crippen molar-refractivity contribution >= 4 is 5.91 Å². The molecule has 18 heavy (non-hydrogen) atoms. The SMILES string of the molecule is CC(C)(CN(Cc1ccco1)C1CC1)C(=O)NN. The Bertz CT molecular complexity index is 396. The van der Waals surface area contributed by atoms with E-state index in [0.29, 0.717) is 12.6 Å². The molecule has 3 N–H and O–H groups in total. The predicted octanol–water partition coefficient (Wildman–Crippen LogP) is 1.26. The fourth-order valence-electron chi connectivity index (χ4n) is 2.13. The van der Waals surface area contributed by atoms with E-state index in [4.69, 9.17) is 10.3 Å². The summed E-state index contributed by atoms with van der Waals surface area (Å²) in [4.78, 5) is 14.0. The predicted molar refractivity (Wildman–Crippen MR) is 68.3 cm³/mol. The highest BCUT2D eigenvalue weighted by molar-refractivity contribution is 5.81.